The molecule has 0 aliphatic carbocycles. The molecule has 18 heteroatoms. The molecule has 0 aromatic heterocycles. The molecule has 2 rings (SSSR count). The number of hydrogen-bond donors (Lipinski definition) is 6. The number of nitrogens with one attached hydrogen (secondary N) is 2. The normalized spacial score (nSPS) is 27.1. The highest BCUT2D eigenvalue weighted by Crippen LogP contribution is 2.41. The number of carboxylic acid groups (broad SMARTS) is 2. The molecule has 2 aliphatic heterocycles. The van der Waals surface area contributed by atoms with E-state index in [-0.39, 0.29) is 0 Å². The molecular formula is C19H29F6N3O9. The van der Waals surface area contributed by atoms with Crippen molar-refractivity contribution in [2.75, 3.05) is 13.1 Å². The maximum absolute atomic E-state index is 12.6. The molecule has 0 aromatic carbocycles. The average Bonchev–Trinajstić information content (AvgIpc) is 3.19. The molecule has 7 N–H and O–H groups in total. The third kappa shape index (κ3) is 8.77. The Hall–Kier alpha value is -2.54. The van der Waals surface area contributed by atoms with E-state index in [9.17, 15) is 45.5 Å². The highest BCUT2D eigenvalue weighted by molar-refractivity contribution is 5.87. The molecule has 0 radical (unpaired) electrons. The van der Waals surface area contributed by atoms with Gasteiger partial charge in [-0.05, 0) is 34.6 Å². The predicted molar refractivity (Wildman–Crippen MR) is 110 cm³/mol. The Kier molecular flexibility index (Phi) is 10.7. The Morgan fingerprint density at radius 3 is 1.32 bits per heavy atom. The Morgan fingerprint density at radius 2 is 1.22 bits per heavy atom. The minimum atomic E-state index is -4.81. The molecule has 0 spiro atoms. The third-order valence-corrected chi connectivity index (χ3v) is 4.92. The first kappa shape index (κ1) is 34.5. The van der Waals surface area contributed by atoms with E-state index in [1.807, 2.05) is 0 Å². The van der Waals surface area contributed by atoms with Gasteiger partial charge in [-0.15, -0.1) is 0 Å². The second-order valence-electron chi connectivity index (χ2n) is 8.95. The summed E-state index contributed by atoms with van der Waals surface area (Å²) in [4.78, 5) is 41.2. The summed E-state index contributed by atoms with van der Waals surface area (Å²) in [6.07, 6.45) is -12.0. The Bertz CT molecular complexity index is 824. The molecule has 37 heavy (non-hydrogen) atoms. The van der Waals surface area contributed by atoms with Crippen molar-refractivity contribution in [3.05, 3.63) is 0 Å². The number of carbonyl (C=O) groups excluding carboxylic acids is 2. The minimum absolute atomic E-state index is 0.529. The van der Waals surface area contributed by atoms with Crippen LogP contribution in [0, 0.1) is 0 Å². The van der Waals surface area contributed by atoms with Gasteiger partial charge in [-0.1, -0.05) is 0 Å². The van der Waals surface area contributed by atoms with Crippen LogP contribution in [-0.2, 0) is 28.7 Å². The lowest BCUT2D eigenvalue weighted by Gasteiger charge is -2.29. The lowest BCUT2D eigenvalue weighted by molar-refractivity contribution is -0.266. The smallest absolute Gasteiger partial charge is 0.427 e. The van der Waals surface area contributed by atoms with Crippen LogP contribution in [0.2, 0.25) is 0 Å². The van der Waals surface area contributed by atoms with Gasteiger partial charge in [-0.2, -0.15) is 26.3 Å². The van der Waals surface area contributed by atoms with E-state index in [0.717, 1.165) is 6.92 Å². The molecule has 0 saturated carbocycles. The minimum Gasteiger partial charge on any atom is -0.481 e. The van der Waals surface area contributed by atoms with Gasteiger partial charge in [0.05, 0.1) is 6.42 Å². The lowest BCUT2D eigenvalue weighted by Crippen LogP contribution is -2.58. The fourth-order valence-corrected chi connectivity index (χ4v) is 2.93. The van der Waals surface area contributed by atoms with Crippen molar-refractivity contribution in [3.8, 4) is 0 Å². The van der Waals surface area contributed by atoms with Gasteiger partial charge in [0.25, 0.3) is 11.5 Å². The number of nitrogens with two attached hydrogens (primary N) is 1. The van der Waals surface area contributed by atoms with Gasteiger partial charge in [-0.3, -0.25) is 25.0 Å². The number of primary amides is 1. The van der Waals surface area contributed by atoms with Crippen molar-refractivity contribution in [2.24, 2.45) is 5.73 Å². The number of carboxylic acids is 2. The first-order valence-electron chi connectivity index (χ1n) is 10.2. The van der Waals surface area contributed by atoms with E-state index < -0.39 is 84.2 Å². The molecule has 1 amide bonds. The average molecular weight is 557 g/mol. The second-order valence-corrected chi connectivity index (χ2v) is 8.95. The fraction of sp³-hybridized carbons (Fsp3) is 0.789. The summed E-state index contributed by atoms with van der Waals surface area (Å²) in [5.74, 6) is -5.39. The van der Waals surface area contributed by atoms with Crippen molar-refractivity contribution in [1.29, 1.82) is 0 Å². The van der Waals surface area contributed by atoms with E-state index in [1.165, 1.54) is 27.7 Å². The van der Waals surface area contributed by atoms with Gasteiger partial charge in [0.1, 0.15) is 11.4 Å². The van der Waals surface area contributed by atoms with Crippen LogP contribution in [0.25, 0.3) is 0 Å². The zero-order chi connectivity index (χ0) is 29.8. The summed E-state index contributed by atoms with van der Waals surface area (Å²) >= 11 is 0. The summed E-state index contributed by atoms with van der Waals surface area (Å²) in [6.45, 7) is 5.38. The predicted octanol–water partition coefficient (Wildman–Crippen LogP) is 0.268. The maximum atomic E-state index is 12.6. The number of hydrogen-bond acceptors (Lipinski definition) is 9. The maximum Gasteiger partial charge on any atom is 0.427 e. The van der Waals surface area contributed by atoms with E-state index in [2.05, 4.69) is 15.4 Å². The standard InChI is InChI=1S/C8H12F3NO2.C7H11F3N2O2.C4H6O5/c1-5(13)7(8(9,10)11)4-12-6(2,3)14-7;1-5(2)12-3-6(14-5,4(11)13)7(8,9)10;5-2(4(8)9)1-3(6)7/h12H,4H2,1-3H3;12H,3H2,1-2H3,(H2,11,13);2,5H,1H2,(H,6,7)(H,8,9)/t7-;6-;2-/m000/s1. The number of ketones is 1. The molecule has 12 nitrogen and oxygen atoms in total. The van der Waals surface area contributed by atoms with Gasteiger partial charge < -0.3 is 30.5 Å². The molecule has 0 unspecified atom stereocenters. The number of amides is 1. The van der Waals surface area contributed by atoms with E-state index in [0.29, 0.717) is 0 Å². The van der Waals surface area contributed by atoms with Crippen LogP contribution in [0.5, 0.6) is 0 Å². The molecule has 2 aliphatic rings. The van der Waals surface area contributed by atoms with Crippen molar-refractivity contribution >= 4 is 23.6 Å². The first-order chi connectivity index (χ1) is 16.3. The van der Waals surface area contributed by atoms with E-state index in [1.54, 1.807) is 0 Å². The van der Waals surface area contributed by atoms with Gasteiger partial charge in [-0.25, -0.2) is 4.79 Å². The van der Waals surface area contributed by atoms with Gasteiger partial charge in [0, 0.05) is 13.1 Å². The van der Waals surface area contributed by atoms with E-state index >= 15 is 0 Å². The molecule has 0 bridgehead atoms. The van der Waals surface area contributed by atoms with Crippen LogP contribution >= 0.6 is 0 Å². The van der Waals surface area contributed by atoms with Crippen molar-refractivity contribution in [2.45, 2.75) is 82.1 Å². The third-order valence-electron chi connectivity index (χ3n) is 4.92. The summed E-state index contributed by atoms with van der Waals surface area (Å²) in [5.41, 5.74) is -3.20. The van der Waals surface area contributed by atoms with Crippen molar-refractivity contribution < 1.29 is 70.3 Å². The topological polar surface area (TPSA) is 198 Å². The SMILES string of the molecule is CC(=O)[C@]1(C(F)(F)F)CNC(C)(C)O1.CC1(C)NC[C@](C(N)=O)(C(F)(F)F)O1.O=C(O)C[C@H](O)C(=O)O. The van der Waals surface area contributed by atoms with Crippen LogP contribution in [0.1, 0.15) is 41.0 Å². The van der Waals surface area contributed by atoms with Crippen LogP contribution in [0.15, 0.2) is 0 Å². The Balaban J connectivity index is 0.000000541. The van der Waals surface area contributed by atoms with Gasteiger partial charge >= 0.3 is 24.3 Å². The number of aliphatic hydroxyl groups excluding tert-OH is 1. The lowest BCUT2D eigenvalue weighted by atomic mass is 9.99. The number of halogens is 6. The monoisotopic (exact) mass is 557 g/mol. The number of ether oxygens (including phenoxy) is 2. The summed E-state index contributed by atoms with van der Waals surface area (Å²) < 4.78 is 84.9. The van der Waals surface area contributed by atoms with Gasteiger partial charge in [0.15, 0.2) is 11.9 Å². The highest BCUT2D eigenvalue weighted by Gasteiger charge is 2.66. The molecule has 2 fully saturated rings. The zero-order valence-electron chi connectivity index (χ0n) is 20.3. The first-order valence-corrected chi connectivity index (χ1v) is 10.2. The number of rotatable bonds is 5. The number of aliphatic hydroxyl groups is 1. The fourth-order valence-electron chi connectivity index (χ4n) is 2.93. The molecule has 3 atom stereocenters. The quantitative estimate of drug-likeness (QED) is 0.254. The molecule has 2 saturated heterocycles. The Morgan fingerprint density at radius 1 is 0.865 bits per heavy atom. The Labute approximate surface area is 206 Å². The number of carbonyl (C=O) groups is 4. The number of alkyl halides is 6. The highest BCUT2D eigenvalue weighted by atomic mass is 19.4. The molecule has 2 heterocycles. The largest absolute Gasteiger partial charge is 0.481 e. The molecular weight excluding hydrogens is 528 g/mol. The van der Waals surface area contributed by atoms with Crippen LogP contribution in [0.4, 0.5) is 26.3 Å². The zero-order valence-corrected chi connectivity index (χ0v) is 20.3. The van der Waals surface area contributed by atoms with Crippen LogP contribution in [-0.4, -0.2) is 93.1 Å². The summed E-state index contributed by atoms with van der Waals surface area (Å²) in [7, 11) is 0. The second kappa shape index (κ2) is 11.5. The van der Waals surface area contributed by atoms with Crippen LogP contribution in [0.3, 0.4) is 0 Å². The molecule has 216 valence electrons. The van der Waals surface area contributed by atoms with E-state index in [4.69, 9.17) is 25.8 Å². The van der Waals surface area contributed by atoms with Crippen molar-refractivity contribution in [3.63, 3.8) is 0 Å². The van der Waals surface area contributed by atoms with Crippen molar-refractivity contribution in [1.82, 2.24) is 10.6 Å². The number of aliphatic carboxylic acids is 2. The van der Waals surface area contributed by atoms with Crippen LogP contribution < -0.4 is 16.4 Å². The number of Topliss-reactive ketones (excluding diaryl/α,β-unsaturated/α-hetero) is 1. The summed E-state index contributed by atoms with van der Waals surface area (Å²) in [5, 5.41) is 29.1. The van der Waals surface area contributed by atoms with Gasteiger partial charge in [0.2, 0.25) is 5.60 Å². The summed E-state index contributed by atoms with van der Waals surface area (Å²) in [6, 6.07) is 0. The molecule has 0 aromatic rings.